The molecule has 5 heteroatoms. The van der Waals surface area contributed by atoms with Crippen LogP contribution >= 0.6 is 11.6 Å². The van der Waals surface area contributed by atoms with Crippen molar-refractivity contribution in [3.63, 3.8) is 0 Å². The summed E-state index contributed by atoms with van der Waals surface area (Å²) in [5.74, 6) is -0.255. The van der Waals surface area contributed by atoms with Gasteiger partial charge in [-0.2, -0.15) is 5.26 Å². The van der Waals surface area contributed by atoms with Gasteiger partial charge in [-0.15, -0.1) is 0 Å². The van der Waals surface area contributed by atoms with E-state index in [4.69, 9.17) is 16.3 Å². The second-order valence-corrected chi connectivity index (χ2v) is 4.70. The Bertz CT molecular complexity index is 473. The highest BCUT2D eigenvalue weighted by atomic mass is 35.5. The quantitative estimate of drug-likeness (QED) is 0.890. The molecule has 0 saturated carbocycles. The van der Waals surface area contributed by atoms with Crippen molar-refractivity contribution in [1.82, 2.24) is 5.32 Å². The molecular formula is C13H13ClN2O2. The number of rotatable bonds is 2. The number of nitrogens with one attached hydrogen (secondary N) is 1. The van der Waals surface area contributed by atoms with Gasteiger partial charge in [-0.25, -0.2) is 0 Å². The number of carbonyl (C=O) groups is 1. The van der Waals surface area contributed by atoms with E-state index < -0.39 is 5.54 Å². The molecule has 1 aromatic carbocycles. The number of halogens is 1. The highest BCUT2D eigenvalue weighted by Crippen LogP contribution is 2.20. The van der Waals surface area contributed by atoms with Crippen LogP contribution in [0.1, 0.15) is 23.2 Å². The van der Waals surface area contributed by atoms with Crippen LogP contribution in [0.15, 0.2) is 24.3 Å². The molecule has 1 fully saturated rings. The van der Waals surface area contributed by atoms with Gasteiger partial charge in [-0.05, 0) is 24.3 Å². The Morgan fingerprint density at radius 2 is 1.94 bits per heavy atom. The maximum Gasteiger partial charge on any atom is 0.252 e. The summed E-state index contributed by atoms with van der Waals surface area (Å²) in [6, 6.07) is 8.78. The van der Waals surface area contributed by atoms with Gasteiger partial charge in [-0.1, -0.05) is 11.6 Å². The number of benzene rings is 1. The summed E-state index contributed by atoms with van der Waals surface area (Å²) in [5, 5.41) is 12.6. The number of hydrogen-bond donors (Lipinski definition) is 1. The average molecular weight is 265 g/mol. The molecule has 1 aliphatic rings. The van der Waals surface area contributed by atoms with Crippen molar-refractivity contribution in [2.75, 3.05) is 13.2 Å². The molecule has 2 rings (SSSR count). The van der Waals surface area contributed by atoms with E-state index in [1.807, 2.05) is 0 Å². The van der Waals surface area contributed by atoms with Crippen molar-refractivity contribution in [3.05, 3.63) is 34.9 Å². The number of carbonyl (C=O) groups excluding carboxylic acids is 1. The van der Waals surface area contributed by atoms with Gasteiger partial charge in [0, 0.05) is 36.6 Å². The Kier molecular flexibility index (Phi) is 3.85. The fourth-order valence-electron chi connectivity index (χ4n) is 1.88. The second-order valence-electron chi connectivity index (χ2n) is 4.27. The molecule has 94 valence electrons. The van der Waals surface area contributed by atoms with Gasteiger partial charge in [0.25, 0.3) is 5.91 Å². The van der Waals surface area contributed by atoms with Crippen LogP contribution in [0.2, 0.25) is 5.02 Å². The summed E-state index contributed by atoms with van der Waals surface area (Å²) >= 11 is 5.76. The van der Waals surface area contributed by atoms with E-state index in [9.17, 15) is 10.1 Å². The molecule has 0 spiro atoms. The topological polar surface area (TPSA) is 62.1 Å². The van der Waals surface area contributed by atoms with Crippen molar-refractivity contribution in [2.24, 2.45) is 0 Å². The molecule has 1 saturated heterocycles. The third kappa shape index (κ3) is 2.81. The maximum atomic E-state index is 12.0. The normalized spacial score (nSPS) is 17.8. The summed E-state index contributed by atoms with van der Waals surface area (Å²) in [7, 11) is 0. The molecule has 0 radical (unpaired) electrons. The lowest BCUT2D eigenvalue weighted by Gasteiger charge is -2.31. The van der Waals surface area contributed by atoms with Crippen molar-refractivity contribution < 1.29 is 9.53 Å². The zero-order valence-electron chi connectivity index (χ0n) is 9.78. The van der Waals surface area contributed by atoms with Crippen LogP contribution in [0.3, 0.4) is 0 Å². The zero-order valence-corrected chi connectivity index (χ0v) is 10.5. The highest BCUT2D eigenvalue weighted by Gasteiger charge is 2.34. The summed E-state index contributed by atoms with van der Waals surface area (Å²) in [5.41, 5.74) is -0.310. The monoisotopic (exact) mass is 264 g/mol. The van der Waals surface area contributed by atoms with Crippen molar-refractivity contribution in [3.8, 4) is 6.07 Å². The Labute approximate surface area is 111 Å². The summed E-state index contributed by atoms with van der Waals surface area (Å²) in [6.45, 7) is 0.989. The van der Waals surface area contributed by atoms with Gasteiger partial charge < -0.3 is 10.1 Å². The summed E-state index contributed by atoms with van der Waals surface area (Å²) in [6.07, 6.45) is 1.03. The van der Waals surface area contributed by atoms with E-state index in [0.717, 1.165) is 0 Å². The smallest absolute Gasteiger partial charge is 0.252 e. The van der Waals surface area contributed by atoms with Crippen LogP contribution in [0.4, 0.5) is 0 Å². The molecule has 0 unspecified atom stereocenters. The van der Waals surface area contributed by atoms with E-state index in [-0.39, 0.29) is 5.91 Å². The molecule has 1 amide bonds. The van der Waals surface area contributed by atoms with Gasteiger partial charge >= 0.3 is 0 Å². The number of nitriles is 1. The van der Waals surface area contributed by atoms with E-state index in [0.29, 0.717) is 36.6 Å². The lowest BCUT2D eigenvalue weighted by Crippen LogP contribution is -2.50. The number of ether oxygens (including phenoxy) is 1. The lowest BCUT2D eigenvalue weighted by molar-refractivity contribution is 0.0531. The van der Waals surface area contributed by atoms with Crippen molar-refractivity contribution >= 4 is 17.5 Å². The average Bonchev–Trinajstić information content (AvgIpc) is 2.40. The summed E-state index contributed by atoms with van der Waals surface area (Å²) < 4.78 is 5.21. The molecule has 1 heterocycles. The molecule has 1 aromatic rings. The molecular weight excluding hydrogens is 252 g/mol. The molecule has 0 aromatic heterocycles. The van der Waals surface area contributed by atoms with Crippen LogP contribution in [0.5, 0.6) is 0 Å². The van der Waals surface area contributed by atoms with Crippen LogP contribution in [-0.4, -0.2) is 24.7 Å². The Morgan fingerprint density at radius 3 is 2.50 bits per heavy atom. The van der Waals surface area contributed by atoms with E-state index in [1.54, 1.807) is 24.3 Å². The highest BCUT2D eigenvalue weighted by molar-refractivity contribution is 6.30. The predicted molar refractivity (Wildman–Crippen MR) is 67.3 cm³/mol. The van der Waals surface area contributed by atoms with Gasteiger partial charge in [0.2, 0.25) is 0 Å². The number of hydrogen-bond acceptors (Lipinski definition) is 3. The maximum absolute atomic E-state index is 12.0. The second kappa shape index (κ2) is 5.38. The van der Waals surface area contributed by atoms with Crippen LogP contribution in [0.25, 0.3) is 0 Å². The molecule has 1 N–H and O–H groups in total. The van der Waals surface area contributed by atoms with Crippen LogP contribution in [0, 0.1) is 11.3 Å². The molecule has 18 heavy (non-hydrogen) atoms. The first kappa shape index (κ1) is 12.9. The molecule has 0 aliphatic carbocycles. The Hall–Kier alpha value is -1.57. The van der Waals surface area contributed by atoms with Crippen LogP contribution in [-0.2, 0) is 4.74 Å². The van der Waals surface area contributed by atoms with Crippen molar-refractivity contribution in [2.45, 2.75) is 18.4 Å². The third-order valence-corrected chi connectivity index (χ3v) is 3.27. The first-order valence-electron chi connectivity index (χ1n) is 5.72. The minimum Gasteiger partial charge on any atom is -0.381 e. The SMILES string of the molecule is N#CC1(NC(=O)c2ccc(Cl)cc2)CCOCC1. The molecule has 0 bridgehead atoms. The molecule has 4 nitrogen and oxygen atoms in total. The predicted octanol–water partition coefficient (Wildman–Crippen LogP) is 2.14. The summed E-state index contributed by atoms with van der Waals surface area (Å²) in [4.78, 5) is 12.0. The fourth-order valence-corrected chi connectivity index (χ4v) is 2.00. The minimum absolute atomic E-state index is 0.255. The Morgan fingerprint density at radius 1 is 1.33 bits per heavy atom. The minimum atomic E-state index is -0.811. The van der Waals surface area contributed by atoms with Gasteiger partial charge in [-0.3, -0.25) is 4.79 Å². The first-order chi connectivity index (χ1) is 8.65. The van der Waals surface area contributed by atoms with E-state index in [1.165, 1.54) is 0 Å². The molecule has 1 aliphatic heterocycles. The number of nitrogens with zero attached hydrogens (tertiary/aromatic N) is 1. The van der Waals surface area contributed by atoms with E-state index >= 15 is 0 Å². The van der Waals surface area contributed by atoms with E-state index in [2.05, 4.69) is 11.4 Å². The standard InChI is InChI=1S/C13H13ClN2O2/c14-11-3-1-10(2-4-11)12(17)16-13(9-15)5-7-18-8-6-13/h1-4H,5-8H2,(H,16,17). The molecule has 0 atom stereocenters. The van der Waals surface area contributed by atoms with Crippen molar-refractivity contribution in [1.29, 1.82) is 5.26 Å². The zero-order chi connectivity index (χ0) is 13.0. The third-order valence-electron chi connectivity index (χ3n) is 3.02. The lowest BCUT2D eigenvalue weighted by atomic mass is 9.91. The van der Waals surface area contributed by atoms with Gasteiger partial charge in [0.1, 0.15) is 5.54 Å². The number of amides is 1. The Balaban J connectivity index is 2.10. The first-order valence-corrected chi connectivity index (χ1v) is 6.10. The fraction of sp³-hybridized carbons (Fsp3) is 0.385. The van der Waals surface area contributed by atoms with Gasteiger partial charge in [0.15, 0.2) is 0 Å². The van der Waals surface area contributed by atoms with Crippen LogP contribution < -0.4 is 5.32 Å². The largest absolute Gasteiger partial charge is 0.381 e. The van der Waals surface area contributed by atoms with Gasteiger partial charge in [0.05, 0.1) is 6.07 Å².